The number of rotatable bonds is 2. The second-order valence-electron chi connectivity index (χ2n) is 10.5. The SMILES string of the molecule is C[C@]12CC[C@H]3[C@@H](CC[C@@H]4C[C@H](O)CC[C@@]43C=O)[C@@]1(O)CC[C@H]2c1ccc(=O)oc1. The van der Waals surface area contributed by atoms with Gasteiger partial charge in [-0.25, -0.2) is 4.79 Å². The van der Waals surface area contributed by atoms with Gasteiger partial charge in [0, 0.05) is 16.9 Å². The normalized spacial score (nSPS) is 49.0. The summed E-state index contributed by atoms with van der Waals surface area (Å²) in [6.45, 7) is 2.20. The van der Waals surface area contributed by atoms with Gasteiger partial charge in [0.05, 0.1) is 18.0 Å². The van der Waals surface area contributed by atoms with Gasteiger partial charge in [0.2, 0.25) is 0 Å². The zero-order chi connectivity index (χ0) is 20.4. The van der Waals surface area contributed by atoms with Crippen LogP contribution in [0.25, 0.3) is 0 Å². The molecule has 0 amide bonds. The van der Waals surface area contributed by atoms with Crippen LogP contribution in [0.3, 0.4) is 0 Å². The summed E-state index contributed by atoms with van der Waals surface area (Å²) in [5, 5.41) is 22.3. The molecule has 5 rings (SSSR count). The van der Waals surface area contributed by atoms with Crippen molar-refractivity contribution in [2.45, 2.75) is 82.3 Å². The van der Waals surface area contributed by atoms with Gasteiger partial charge >= 0.3 is 5.63 Å². The number of hydrogen-bond acceptors (Lipinski definition) is 5. The summed E-state index contributed by atoms with van der Waals surface area (Å²) in [4.78, 5) is 23.9. The fourth-order valence-electron chi connectivity index (χ4n) is 8.23. The van der Waals surface area contributed by atoms with E-state index < -0.39 is 5.60 Å². The molecule has 4 aliphatic carbocycles. The topological polar surface area (TPSA) is 87.7 Å². The predicted molar refractivity (Wildman–Crippen MR) is 107 cm³/mol. The van der Waals surface area contributed by atoms with E-state index in [1.54, 1.807) is 6.26 Å². The highest BCUT2D eigenvalue weighted by molar-refractivity contribution is 5.62. The molecule has 1 aromatic rings. The van der Waals surface area contributed by atoms with Gasteiger partial charge in [-0.3, -0.25) is 0 Å². The smallest absolute Gasteiger partial charge is 0.335 e. The molecule has 29 heavy (non-hydrogen) atoms. The van der Waals surface area contributed by atoms with Crippen LogP contribution in [-0.4, -0.2) is 28.2 Å². The Kier molecular flexibility index (Phi) is 4.38. The first-order valence-electron chi connectivity index (χ1n) is 11.3. The van der Waals surface area contributed by atoms with Crippen molar-refractivity contribution in [3.05, 3.63) is 34.4 Å². The first kappa shape index (κ1) is 19.5. The molecule has 0 bridgehead atoms. The highest BCUT2D eigenvalue weighted by atomic mass is 16.4. The van der Waals surface area contributed by atoms with Crippen LogP contribution in [0.5, 0.6) is 0 Å². The van der Waals surface area contributed by atoms with Crippen molar-refractivity contribution in [1.82, 2.24) is 0 Å². The lowest BCUT2D eigenvalue weighted by atomic mass is 9.43. The number of fused-ring (bicyclic) bond motifs is 5. The molecule has 158 valence electrons. The molecule has 0 saturated heterocycles. The monoisotopic (exact) mass is 400 g/mol. The molecular weight excluding hydrogens is 368 g/mol. The second kappa shape index (κ2) is 6.52. The lowest BCUT2D eigenvalue weighted by molar-refractivity contribution is -0.204. The molecule has 5 nitrogen and oxygen atoms in total. The van der Waals surface area contributed by atoms with Crippen LogP contribution in [-0.2, 0) is 4.79 Å². The maximum atomic E-state index is 12.5. The summed E-state index contributed by atoms with van der Waals surface area (Å²) in [6, 6.07) is 3.33. The highest BCUT2D eigenvalue weighted by Crippen LogP contribution is 2.70. The highest BCUT2D eigenvalue weighted by Gasteiger charge is 2.68. The average Bonchev–Trinajstić information content (AvgIpc) is 3.00. The minimum Gasteiger partial charge on any atom is -0.431 e. The van der Waals surface area contributed by atoms with Gasteiger partial charge in [-0.05, 0) is 93.1 Å². The Labute approximate surface area is 171 Å². The lowest BCUT2D eigenvalue weighted by Gasteiger charge is -2.62. The summed E-state index contributed by atoms with van der Waals surface area (Å²) in [6.07, 6.45) is 9.93. The summed E-state index contributed by atoms with van der Waals surface area (Å²) < 4.78 is 5.14. The van der Waals surface area contributed by atoms with Crippen molar-refractivity contribution in [3.8, 4) is 0 Å². The standard InChI is InChI=1S/C24H32O5/c1-22-9-7-19-20(4-3-16-12-17(26)6-10-23(16,19)14-25)24(22,28)11-8-18(22)15-2-5-21(27)29-13-15/h2,5,13-14,16-20,26,28H,3-4,6-12H2,1H3/t16-,17-,18+,19+,20-,22-,23-,24+/m1/s1. The summed E-state index contributed by atoms with van der Waals surface area (Å²) in [5.41, 5.74) is -0.799. The Balaban J connectivity index is 1.50. The van der Waals surface area contributed by atoms with Crippen LogP contribution in [0.15, 0.2) is 27.6 Å². The predicted octanol–water partition coefficient (Wildman–Crippen LogP) is 3.42. The van der Waals surface area contributed by atoms with Gasteiger partial charge < -0.3 is 19.4 Å². The first-order chi connectivity index (χ1) is 13.8. The first-order valence-corrected chi connectivity index (χ1v) is 11.3. The number of carbonyl (C=O) groups excluding carboxylic acids is 1. The van der Waals surface area contributed by atoms with E-state index in [2.05, 4.69) is 6.92 Å². The third kappa shape index (κ3) is 2.53. The molecule has 5 heteroatoms. The zero-order valence-corrected chi connectivity index (χ0v) is 17.2. The molecule has 0 aliphatic heterocycles. The fraction of sp³-hybridized carbons (Fsp3) is 0.750. The molecule has 0 spiro atoms. The van der Waals surface area contributed by atoms with Gasteiger partial charge in [-0.2, -0.15) is 0 Å². The number of aldehydes is 1. The lowest BCUT2D eigenvalue weighted by Crippen LogP contribution is -2.63. The Morgan fingerprint density at radius 3 is 2.62 bits per heavy atom. The zero-order valence-electron chi connectivity index (χ0n) is 17.2. The molecule has 1 heterocycles. The Morgan fingerprint density at radius 2 is 1.90 bits per heavy atom. The van der Waals surface area contributed by atoms with E-state index in [4.69, 9.17) is 4.42 Å². The van der Waals surface area contributed by atoms with E-state index >= 15 is 0 Å². The molecule has 4 aliphatic rings. The van der Waals surface area contributed by atoms with Crippen LogP contribution >= 0.6 is 0 Å². The van der Waals surface area contributed by atoms with E-state index in [1.165, 1.54) is 12.4 Å². The molecule has 8 atom stereocenters. The van der Waals surface area contributed by atoms with Crippen LogP contribution < -0.4 is 5.63 Å². The molecular formula is C24H32O5. The third-order valence-electron chi connectivity index (χ3n) is 9.73. The molecule has 0 aromatic carbocycles. The second-order valence-corrected chi connectivity index (χ2v) is 10.5. The number of carbonyl (C=O) groups is 1. The Hall–Kier alpha value is -1.46. The van der Waals surface area contributed by atoms with Gasteiger partial charge in [-0.1, -0.05) is 6.92 Å². The largest absolute Gasteiger partial charge is 0.431 e. The van der Waals surface area contributed by atoms with Gasteiger partial charge in [0.1, 0.15) is 6.29 Å². The van der Waals surface area contributed by atoms with Crippen molar-refractivity contribution in [3.63, 3.8) is 0 Å². The Bertz CT molecular complexity index is 843. The minimum atomic E-state index is -0.798. The van der Waals surface area contributed by atoms with Gasteiger partial charge in [-0.15, -0.1) is 0 Å². The van der Waals surface area contributed by atoms with E-state index in [-0.39, 0.29) is 46.2 Å². The number of hydrogen-bond donors (Lipinski definition) is 2. The van der Waals surface area contributed by atoms with Crippen molar-refractivity contribution < 1.29 is 19.4 Å². The summed E-state index contributed by atoms with van der Waals surface area (Å²) in [7, 11) is 0. The molecule has 0 radical (unpaired) electrons. The molecule has 4 fully saturated rings. The molecule has 1 aromatic heterocycles. The van der Waals surface area contributed by atoms with Crippen molar-refractivity contribution in [2.75, 3.05) is 0 Å². The van der Waals surface area contributed by atoms with Crippen LogP contribution in [0.1, 0.15) is 76.2 Å². The minimum absolute atomic E-state index is 0.124. The molecule has 4 saturated carbocycles. The quantitative estimate of drug-likeness (QED) is 0.743. The van der Waals surface area contributed by atoms with E-state index in [0.29, 0.717) is 6.42 Å². The van der Waals surface area contributed by atoms with Gasteiger partial charge in [0.15, 0.2) is 0 Å². The average molecular weight is 401 g/mol. The number of aliphatic hydroxyl groups is 2. The molecule has 2 N–H and O–H groups in total. The van der Waals surface area contributed by atoms with Crippen molar-refractivity contribution in [2.24, 2.45) is 28.6 Å². The van der Waals surface area contributed by atoms with E-state index in [1.807, 2.05) is 6.07 Å². The number of aliphatic hydroxyl groups excluding tert-OH is 1. The maximum absolute atomic E-state index is 12.5. The molecule has 0 unspecified atom stereocenters. The van der Waals surface area contributed by atoms with E-state index in [9.17, 15) is 19.8 Å². The van der Waals surface area contributed by atoms with Crippen LogP contribution in [0.2, 0.25) is 0 Å². The van der Waals surface area contributed by atoms with Crippen molar-refractivity contribution in [1.29, 1.82) is 0 Å². The third-order valence-corrected chi connectivity index (χ3v) is 9.73. The van der Waals surface area contributed by atoms with Gasteiger partial charge in [0.25, 0.3) is 0 Å². The summed E-state index contributed by atoms with van der Waals surface area (Å²) >= 11 is 0. The fourth-order valence-corrected chi connectivity index (χ4v) is 8.23. The maximum Gasteiger partial charge on any atom is 0.335 e. The van der Waals surface area contributed by atoms with Crippen LogP contribution in [0, 0.1) is 28.6 Å². The van der Waals surface area contributed by atoms with Crippen LogP contribution in [0.4, 0.5) is 0 Å². The van der Waals surface area contributed by atoms with E-state index in [0.717, 1.165) is 56.9 Å². The van der Waals surface area contributed by atoms with Crippen molar-refractivity contribution >= 4 is 6.29 Å². The Morgan fingerprint density at radius 1 is 1.07 bits per heavy atom. The summed E-state index contributed by atoms with van der Waals surface area (Å²) in [5.74, 6) is 0.741.